The summed E-state index contributed by atoms with van der Waals surface area (Å²) in [7, 11) is 0. The quantitative estimate of drug-likeness (QED) is 0.709. The second-order valence-electron chi connectivity index (χ2n) is 5.30. The lowest BCUT2D eigenvalue weighted by atomic mass is 10.2. The summed E-state index contributed by atoms with van der Waals surface area (Å²) in [5.74, 6) is 1.43. The summed E-state index contributed by atoms with van der Waals surface area (Å²) in [4.78, 5) is 26.9. The average Bonchev–Trinajstić information content (AvgIpc) is 2.66. The molecule has 4 nitrogen and oxygen atoms in total. The van der Waals surface area contributed by atoms with E-state index in [9.17, 15) is 9.59 Å². The molecule has 2 heterocycles. The monoisotopic (exact) mass is 224 g/mol. The maximum Gasteiger partial charge on any atom is 0.222 e. The Balaban J connectivity index is 1.79. The molecule has 2 aliphatic heterocycles. The van der Waals surface area contributed by atoms with Crippen LogP contribution in [0.3, 0.4) is 0 Å². The van der Waals surface area contributed by atoms with Crippen LogP contribution in [0.5, 0.6) is 0 Å². The fourth-order valence-corrected chi connectivity index (χ4v) is 2.61. The van der Waals surface area contributed by atoms with Crippen molar-refractivity contribution in [2.24, 2.45) is 11.8 Å². The SMILES string of the molecule is CC1CC(=O)N(CCN2CC(C)CC2=O)C1. The molecule has 0 saturated carbocycles. The van der Waals surface area contributed by atoms with E-state index in [0.29, 0.717) is 37.8 Å². The number of nitrogens with zero attached hydrogens (tertiary/aromatic N) is 2. The summed E-state index contributed by atoms with van der Waals surface area (Å²) < 4.78 is 0. The van der Waals surface area contributed by atoms with E-state index in [-0.39, 0.29) is 11.8 Å². The van der Waals surface area contributed by atoms with Gasteiger partial charge in [0.1, 0.15) is 0 Å². The van der Waals surface area contributed by atoms with Crippen molar-refractivity contribution in [1.29, 1.82) is 0 Å². The summed E-state index contributed by atoms with van der Waals surface area (Å²) in [6.45, 7) is 7.33. The molecule has 2 amide bonds. The molecule has 0 aromatic rings. The molecule has 0 aromatic carbocycles. The number of likely N-dealkylation sites (tertiary alicyclic amines) is 2. The Labute approximate surface area is 96.6 Å². The molecule has 2 rings (SSSR count). The Morgan fingerprint density at radius 1 is 0.938 bits per heavy atom. The van der Waals surface area contributed by atoms with Crippen LogP contribution in [0.25, 0.3) is 0 Å². The third-order valence-electron chi connectivity index (χ3n) is 3.46. The first kappa shape index (κ1) is 11.4. The molecule has 2 unspecified atom stereocenters. The lowest BCUT2D eigenvalue weighted by Crippen LogP contribution is -2.36. The highest BCUT2D eigenvalue weighted by Gasteiger charge is 2.29. The summed E-state index contributed by atoms with van der Waals surface area (Å²) in [5, 5.41) is 0. The van der Waals surface area contributed by atoms with E-state index < -0.39 is 0 Å². The van der Waals surface area contributed by atoms with E-state index in [2.05, 4.69) is 13.8 Å². The normalized spacial score (nSPS) is 30.6. The molecule has 0 radical (unpaired) electrons. The number of rotatable bonds is 3. The van der Waals surface area contributed by atoms with Gasteiger partial charge >= 0.3 is 0 Å². The van der Waals surface area contributed by atoms with Gasteiger partial charge in [-0.25, -0.2) is 0 Å². The Kier molecular flexibility index (Phi) is 3.17. The van der Waals surface area contributed by atoms with Gasteiger partial charge in [0.05, 0.1) is 0 Å². The summed E-state index contributed by atoms with van der Waals surface area (Å²) in [6.07, 6.45) is 1.34. The van der Waals surface area contributed by atoms with Crippen molar-refractivity contribution in [1.82, 2.24) is 9.80 Å². The van der Waals surface area contributed by atoms with Crippen molar-refractivity contribution in [3.8, 4) is 0 Å². The third-order valence-corrected chi connectivity index (χ3v) is 3.46. The molecule has 0 N–H and O–H groups in total. The zero-order valence-electron chi connectivity index (χ0n) is 10.1. The molecule has 0 bridgehead atoms. The first-order valence-electron chi connectivity index (χ1n) is 6.12. The van der Waals surface area contributed by atoms with E-state index in [0.717, 1.165) is 13.1 Å². The average molecular weight is 224 g/mol. The minimum Gasteiger partial charge on any atom is -0.341 e. The van der Waals surface area contributed by atoms with Crippen LogP contribution in [-0.2, 0) is 9.59 Å². The number of amides is 2. The van der Waals surface area contributed by atoms with Crippen LogP contribution in [0.2, 0.25) is 0 Å². The molecule has 4 heteroatoms. The fourth-order valence-electron chi connectivity index (χ4n) is 2.61. The predicted octanol–water partition coefficient (Wildman–Crippen LogP) is 0.723. The predicted molar refractivity (Wildman–Crippen MR) is 60.7 cm³/mol. The molecule has 0 spiro atoms. The Hall–Kier alpha value is -1.06. The second kappa shape index (κ2) is 4.44. The van der Waals surface area contributed by atoms with Gasteiger partial charge in [-0.05, 0) is 11.8 Å². The van der Waals surface area contributed by atoms with Gasteiger partial charge in [-0.1, -0.05) is 13.8 Å². The van der Waals surface area contributed by atoms with Crippen molar-refractivity contribution >= 4 is 11.8 Å². The molecule has 2 aliphatic rings. The number of hydrogen-bond donors (Lipinski definition) is 0. The van der Waals surface area contributed by atoms with Crippen LogP contribution in [0, 0.1) is 11.8 Å². The lowest BCUT2D eigenvalue weighted by molar-refractivity contribution is -0.131. The van der Waals surface area contributed by atoms with Gasteiger partial charge in [-0.15, -0.1) is 0 Å². The zero-order chi connectivity index (χ0) is 11.7. The van der Waals surface area contributed by atoms with Gasteiger partial charge in [0.15, 0.2) is 0 Å². The lowest BCUT2D eigenvalue weighted by Gasteiger charge is -2.21. The van der Waals surface area contributed by atoms with Crippen LogP contribution in [0.1, 0.15) is 26.7 Å². The molecular weight excluding hydrogens is 204 g/mol. The van der Waals surface area contributed by atoms with Crippen LogP contribution in [0.4, 0.5) is 0 Å². The molecule has 2 fully saturated rings. The van der Waals surface area contributed by atoms with E-state index in [1.807, 2.05) is 9.80 Å². The Bertz CT molecular complexity index is 273. The van der Waals surface area contributed by atoms with E-state index in [1.54, 1.807) is 0 Å². The maximum absolute atomic E-state index is 11.6. The highest BCUT2D eigenvalue weighted by atomic mass is 16.2. The van der Waals surface area contributed by atoms with Gasteiger partial charge in [0.2, 0.25) is 11.8 Å². The first-order chi connectivity index (χ1) is 7.56. The molecule has 2 atom stereocenters. The van der Waals surface area contributed by atoms with Crippen molar-refractivity contribution in [3.63, 3.8) is 0 Å². The molecule has 0 aliphatic carbocycles. The zero-order valence-corrected chi connectivity index (χ0v) is 10.1. The summed E-state index contributed by atoms with van der Waals surface area (Å²) >= 11 is 0. The van der Waals surface area contributed by atoms with Crippen molar-refractivity contribution in [2.45, 2.75) is 26.7 Å². The van der Waals surface area contributed by atoms with Gasteiger partial charge in [0.25, 0.3) is 0 Å². The minimum absolute atomic E-state index is 0.243. The van der Waals surface area contributed by atoms with Crippen LogP contribution >= 0.6 is 0 Å². The smallest absolute Gasteiger partial charge is 0.222 e. The first-order valence-corrected chi connectivity index (χ1v) is 6.12. The van der Waals surface area contributed by atoms with Crippen LogP contribution in [0.15, 0.2) is 0 Å². The van der Waals surface area contributed by atoms with Crippen LogP contribution in [-0.4, -0.2) is 47.8 Å². The standard InChI is InChI=1S/C12H20N2O2/c1-9-5-11(15)13(7-9)3-4-14-8-10(2)6-12(14)16/h9-10H,3-8H2,1-2H3. The minimum atomic E-state index is 0.243. The van der Waals surface area contributed by atoms with E-state index in [4.69, 9.17) is 0 Å². The molecule has 16 heavy (non-hydrogen) atoms. The Morgan fingerprint density at radius 2 is 1.31 bits per heavy atom. The van der Waals surface area contributed by atoms with Crippen molar-refractivity contribution in [2.75, 3.05) is 26.2 Å². The van der Waals surface area contributed by atoms with Crippen molar-refractivity contribution in [3.05, 3.63) is 0 Å². The van der Waals surface area contributed by atoms with Crippen LogP contribution < -0.4 is 0 Å². The highest BCUT2D eigenvalue weighted by molar-refractivity contribution is 5.79. The molecular formula is C12H20N2O2. The molecule has 0 aromatic heterocycles. The van der Waals surface area contributed by atoms with E-state index in [1.165, 1.54) is 0 Å². The summed E-state index contributed by atoms with van der Waals surface area (Å²) in [5.41, 5.74) is 0. The third kappa shape index (κ3) is 2.36. The van der Waals surface area contributed by atoms with Gasteiger partial charge in [0, 0.05) is 39.0 Å². The highest BCUT2D eigenvalue weighted by Crippen LogP contribution is 2.19. The summed E-state index contributed by atoms with van der Waals surface area (Å²) in [6, 6.07) is 0. The van der Waals surface area contributed by atoms with Crippen molar-refractivity contribution < 1.29 is 9.59 Å². The van der Waals surface area contributed by atoms with Gasteiger partial charge < -0.3 is 9.80 Å². The van der Waals surface area contributed by atoms with Gasteiger partial charge in [-0.3, -0.25) is 9.59 Å². The fraction of sp³-hybridized carbons (Fsp3) is 0.833. The Morgan fingerprint density at radius 3 is 1.56 bits per heavy atom. The number of carbonyl (C=O) groups is 2. The maximum atomic E-state index is 11.6. The number of hydrogen-bond acceptors (Lipinski definition) is 2. The van der Waals surface area contributed by atoms with E-state index >= 15 is 0 Å². The molecule has 90 valence electrons. The molecule has 2 saturated heterocycles. The topological polar surface area (TPSA) is 40.6 Å². The second-order valence-corrected chi connectivity index (χ2v) is 5.30. The van der Waals surface area contributed by atoms with Gasteiger partial charge in [-0.2, -0.15) is 0 Å². The largest absolute Gasteiger partial charge is 0.341 e. The number of carbonyl (C=O) groups excluding carboxylic acids is 2.